The molecule has 1 saturated heterocycles. The molecule has 2 aromatic carbocycles. The molecule has 136 valence electrons. The maximum atomic E-state index is 12.1. The lowest BCUT2D eigenvalue weighted by molar-refractivity contribution is -0.118. The summed E-state index contributed by atoms with van der Waals surface area (Å²) in [4.78, 5) is 25.4. The van der Waals surface area contributed by atoms with E-state index in [9.17, 15) is 9.59 Å². The number of benzene rings is 2. The maximum absolute atomic E-state index is 12.1. The quantitative estimate of drug-likeness (QED) is 0.836. The number of hydrogen-bond acceptors (Lipinski definition) is 3. The third-order valence-electron chi connectivity index (χ3n) is 4.21. The number of hydrogen-bond donors (Lipinski definition) is 2. The fraction of sp³-hybridized carbons (Fsp3) is 0.300. The Kier molecular flexibility index (Phi) is 5.41. The zero-order valence-corrected chi connectivity index (χ0v) is 15.0. The molecule has 0 bridgehead atoms. The highest BCUT2D eigenvalue weighted by Gasteiger charge is 2.20. The average molecular weight is 353 g/mol. The van der Waals surface area contributed by atoms with Crippen LogP contribution in [0.3, 0.4) is 0 Å². The fourth-order valence-corrected chi connectivity index (χ4v) is 2.75. The number of carbonyl (C=O) groups excluding carboxylic acids is 2. The second kappa shape index (κ2) is 7.91. The molecule has 1 fully saturated rings. The van der Waals surface area contributed by atoms with E-state index in [0.29, 0.717) is 30.4 Å². The van der Waals surface area contributed by atoms with Gasteiger partial charge in [-0.25, -0.2) is 4.79 Å². The molecule has 0 unspecified atom stereocenters. The van der Waals surface area contributed by atoms with Gasteiger partial charge in [0.25, 0.3) is 5.91 Å². The van der Waals surface area contributed by atoms with Crippen molar-refractivity contribution < 1.29 is 14.3 Å². The Labute approximate surface area is 153 Å². The van der Waals surface area contributed by atoms with Gasteiger partial charge >= 0.3 is 6.03 Å². The van der Waals surface area contributed by atoms with Crippen molar-refractivity contribution in [1.82, 2.24) is 5.32 Å². The zero-order chi connectivity index (χ0) is 18.5. The molecule has 2 aromatic rings. The van der Waals surface area contributed by atoms with E-state index in [1.807, 2.05) is 36.4 Å². The summed E-state index contributed by atoms with van der Waals surface area (Å²) in [6.07, 6.45) is 0. The van der Waals surface area contributed by atoms with E-state index in [2.05, 4.69) is 24.5 Å². The third-order valence-corrected chi connectivity index (χ3v) is 4.21. The summed E-state index contributed by atoms with van der Waals surface area (Å²) in [7, 11) is 0. The maximum Gasteiger partial charge on any atom is 0.321 e. The van der Waals surface area contributed by atoms with E-state index in [-0.39, 0.29) is 18.5 Å². The molecule has 1 heterocycles. The smallest absolute Gasteiger partial charge is 0.321 e. The van der Waals surface area contributed by atoms with Crippen LogP contribution in [0.4, 0.5) is 16.2 Å². The van der Waals surface area contributed by atoms with Crippen molar-refractivity contribution in [1.29, 1.82) is 0 Å². The van der Waals surface area contributed by atoms with Crippen LogP contribution in [0.1, 0.15) is 25.3 Å². The molecule has 0 aromatic heterocycles. The highest BCUT2D eigenvalue weighted by Crippen LogP contribution is 2.21. The van der Waals surface area contributed by atoms with Crippen LogP contribution < -0.4 is 20.3 Å². The molecule has 0 radical (unpaired) electrons. The predicted molar refractivity (Wildman–Crippen MR) is 102 cm³/mol. The average Bonchev–Trinajstić information content (AvgIpc) is 3.07. The minimum atomic E-state index is -0.230. The SMILES string of the molecule is CC(C)c1cccc(OCC(=O)Nc2ccc(N3CCNC3=O)cc2)c1. The molecule has 1 aliphatic rings. The molecule has 2 N–H and O–H groups in total. The summed E-state index contributed by atoms with van der Waals surface area (Å²) < 4.78 is 5.58. The Morgan fingerprint density at radius 2 is 2.00 bits per heavy atom. The van der Waals surface area contributed by atoms with Gasteiger partial charge in [-0.15, -0.1) is 0 Å². The molecule has 26 heavy (non-hydrogen) atoms. The highest BCUT2D eigenvalue weighted by molar-refractivity contribution is 5.95. The second-order valence-electron chi connectivity index (χ2n) is 6.49. The Bertz CT molecular complexity index is 787. The van der Waals surface area contributed by atoms with Gasteiger partial charge in [0.15, 0.2) is 6.61 Å². The van der Waals surface area contributed by atoms with E-state index < -0.39 is 0 Å². The van der Waals surface area contributed by atoms with E-state index in [0.717, 1.165) is 5.69 Å². The first kappa shape index (κ1) is 17.8. The first-order valence-electron chi connectivity index (χ1n) is 8.71. The number of ether oxygens (including phenoxy) is 1. The van der Waals surface area contributed by atoms with Crippen molar-refractivity contribution in [3.05, 3.63) is 54.1 Å². The van der Waals surface area contributed by atoms with Crippen LogP contribution in [-0.4, -0.2) is 31.6 Å². The van der Waals surface area contributed by atoms with Crippen LogP contribution in [0.15, 0.2) is 48.5 Å². The molecule has 3 rings (SSSR count). The molecular formula is C20H23N3O3. The lowest BCUT2D eigenvalue weighted by atomic mass is 10.0. The number of nitrogens with zero attached hydrogens (tertiary/aromatic N) is 1. The van der Waals surface area contributed by atoms with Gasteiger partial charge in [0.2, 0.25) is 0 Å². The molecule has 0 saturated carbocycles. The first-order chi connectivity index (χ1) is 12.5. The summed E-state index contributed by atoms with van der Waals surface area (Å²) in [6, 6.07) is 14.8. The van der Waals surface area contributed by atoms with E-state index in [1.165, 1.54) is 5.56 Å². The zero-order valence-electron chi connectivity index (χ0n) is 15.0. The second-order valence-corrected chi connectivity index (χ2v) is 6.49. The first-order valence-corrected chi connectivity index (χ1v) is 8.71. The van der Waals surface area contributed by atoms with Gasteiger partial charge in [-0.1, -0.05) is 26.0 Å². The molecule has 3 amide bonds. The third kappa shape index (κ3) is 4.33. The van der Waals surface area contributed by atoms with Gasteiger partial charge in [0, 0.05) is 24.5 Å². The Morgan fingerprint density at radius 3 is 2.65 bits per heavy atom. The monoisotopic (exact) mass is 353 g/mol. The minimum absolute atomic E-state index is 0.0577. The number of anilines is 2. The summed E-state index contributed by atoms with van der Waals surface area (Å²) in [5.41, 5.74) is 2.64. The van der Waals surface area contributed by atoms with Gasteiger partial charge in [0.1, 0.15) is 5.75 Å². The lowest BCUT2D eigenvalue weighted by Gasteiger charge is -2.15. The fourth-order valence-electron chi connectivity index (χ4n) is 2.75. The van der Waals surface area contributed by atoms with Crippen LogP contribution in [0.2, 0.25) is 0 Å². The number of rotatable bonds is 6. The van der Waals surface area contributed by atoms with Gasteiger partial charge in [-0.3, -0.25) is 9.69 Å². The topological polar surface area (TPSA) is 70.7 Å². The van der Waals surface area contributed by atoms with Crippen molar-refractivity contribution in [3.63, 3.8) is 0 Å². The van der Waals surface area contributed by atoms with Crippen LogP contribution in [0.5, 0.6) is 5.75 Å². The number of urea groups is 1. The summed E-state index contributed by atoms with van der Waals surface area (Å²) >= 11 is 0. The predicted octanol–water partition coefficient (Wildman–Crippen LogP) is 3.36. The Balaban J connectivity index is 1.53. The van der Waals surface area contributed by atoms with Gasteiger partial charge in [0.05, 0.1) is 0 Å². The van der Waals surface area contributed by atoms with Crippen molar-refractivity contribution >= 4 is 23.3 Å². The van der Waals surface area contributed by atoms with Crippen LogP contribution in [0.25, 0.3) is 0 Å². The highest BCUT2D eigenvalue weighted by atomic mass is 16.5. The standard InChI is InChI=1S/C20H23N3O3/c1-14(2)15-4-3-5-18(12-15)26-13-19(24)22-16-6-8-17(9-7-16)23-11-10-21-20(23)25/h3-9,12,14H,10-11,13H2,1-2H3,(H,21,25)(H,22,24). The normalized spacial score (nSPS) is 13.7. The van der Waals surface area contributed by atoms with E-state index >= 15 is 0 Å². The van der Waals surface area contributed by atoms with Gasteiger partial charge < -0.3 is 15.4 Å². The molecule has 0 spiro atoms. The van der Waals surface area contributed by atoms with Crippen molar-refractivity contribution in [2.24, 2.45) is 0 Å². The molecular weight excluding hydrogens is 330 g/mol. The summed E-state index contributed by atoms with van der Waals surface area (Å²) in [5.74, 6) is 0.858. The summed E-state index contributed by atoms with van der Waals surface area (Å²) in [6.45, 7) is 5.46. The summed E-state index contributed by atoms with van der Waals surface area (Å²) in [5, 5.41) is 5.55. The molecule has 0 aliphatic carbocycles. The number of carbonyl (C=O) groups is 2. The van der Waals surface area contributed by atoms with Gasteiger partial charge in [-0.05, 0) is 47.9 Å². The van der Waals surface area contributed by atoms with E-state index in [1.54, 1.807) is 17.0 Å². The lowest BCUT2D eigenvalue weighted by Crippen LogP contribution is -2.27. The largest absolute Gasteiger partial charge is 0.484 e. The van der Waals surface area contributed by atoms with Crippen molar-refractivity contribution in [2.75, 3.05) is 29.9 Å². The number of nitrogens with one attached hydrogen (secondary N) is 2. The van der Waals surface area contributed by atoms with E-state index in [4.69, 9.17) is 4.74 Å². The Hall–Kier alpha value is -3.02. The number of amides is 3. The molecule has 1 aliphatic heterocycles. The van der Waals surface area contributed by atoms with Crippen LogP contribution in [0, 0.1) is 0 Å². The minimum Gasteiger partial charge on any atom is -0.484 e. The van der Waals surface area contributed by atoms with Gasteiger partial charge in [-0.2, -0.15) is 0 Å². The molecule has 0 atom stereocenters. The van der Waals surface area contributed by atoms with Crippen molar-refractivity contribution in [3.8, 4) is 5.75 Å². The van der Waals surface area contributed by atoms with Crippen molar-refractivity contribution in [2.45, 2.75) is 19.8 Å². The van der Waals surface area contributed by atoms with Crippen LogP contribution in [-0.2, 0) is 4.79 Å². The van der Waals surface area contributed by atoms with Crippen LogP contribution >= 0.6 is 0 Å². The molecule has 6 heteroatoms. The molecule has 6 nitrogen and oxygen atoms in total. The Morgan fingerprint density at radius 1 is 1.23 bits per heavy atom.